The van der Waals surface area contributed by atoms with E-state index in [9.17, 15) is 0 Å². The number of rotatable bonds is 5. The number of halogens is 1. The van der Waals surface area contributed by atoms with E-state index in [1.54, 1.807) is 26.5 Å². The molecule has 0 aromatic rings. The molecule has 0 saturated carbocycles. The Kier molecular flexibility index (Phi) is 25.9. The molecule has 0 atom stereocenters. The number of hydrogen-bond donors (Lipinski definition) is 0. The summed E-state index contributed by atoms with van der Waals surface area (Å²) in [5.41, 5.74) is 0. The van der Waals surface area contributed by atoms with Gasteiger partial charge in [-0.2, -0.15) is 14.1 Å². The third kappa shape index (κ3) is 46.0. The maximum absolute atomic E-state index is 5.40. The Morgan fingerprint density at radius 2 is 1.21 bits per heavy atom. The molecule has 117 valence electrons. The van der Waals surface area contributed by atoms with Crippen molar-refractivity contribution in [2.75, 3.05) is 14.1 Å². The molecule has 0 amide bonds. The van der Waals surface area contributed by atoms with Crippen molar-refractivity contribution in [2.24, 2.45) is 3.50 Å². The average molecular weight is 461 g/mol. The molecule has 0 fully saturated rings. The van der Waals surface area contributed by atoms with Crippen molar-refractivity contribution in [3.8, 4) is 0 Å². The van der Waals surface area contributed by atoms with E-state index >= 15 is 0 Å². The smallest absolute Gasteiger partial charge is 0.162 e. The molecule has 0 aromatic heterocycles. The second-order valence-electron chi connectivity index (χ2n) is 4.50. The first-order valence-corrected chi connectivity index (χ1v) is 11.3. The zero-order valence-electron chi connectivity index (χ0n) is 13.5. The first kappa shape index (κ1) is 24.1. The molecule has 0 aromatic carbocycles. The predicted molar refractivity (Wildman–Crippen MR) is 84.8 cm³/mol. The van der Waals surface area contributed by atoms with Crippen LogP contribution in [0.2, 0.25) is 0 Å². The monoisotopic (exact) mass is 460 g/mol. The summed E-state index contributed by atoms with van der Waals surface area (Å²) < 4.78 is 4.06. The first-order chi connectivity index (χ1) is 8.81. The van der Waals surface area contributed by atoms with E-state index < -0.39 is 17.3 Å². The molecule has 0 N–H and O–H groups in total. The van der Waals surface area contributed by atoms with Crippen LogP contribution in [0, 0.1) is 0 Å². The Balaban J connectivity index is -0.000000242. The molecule has 0 spiro atoms. The van der Waals surface area contributed by atoms with E-state index in [0.29, 0.717) is 18.1 Å². The van der Waals surface area contributed by atoms with Gasteiger partial charge in [-0.3, -0.25) is 0 Å². The van der Waals surface area contributed by atoms with Crippen LogP contribution in [0.4, 0.5) is 0 Å². The minimum absolute atomic E-state index is 0.374. The van der Waals surface area contributed by atoms with Crippen molar-refractivity contribution < 1.29 is 17.3 Å². The zero-order valence-corrected chi connectivity index (χ0v) is 17.2. The molecular formula is C13H29ClN4W-3. The van der Waals surface area contributed by atoms with Gasteiger partial charge in [0, 0.05) is 0 Å². The summed E-state index contributed by atoms with van der Waals surface area (Å²) in [6, 6.07) is 1.21. The summed E-state index contributed by atoms with van der Waals surface area (Å²) in [6.07, 6.45) is 3.51. The molecule has 0 radical (unpaired) electrons. The topological polar surface area (TPSA) is 54.7 Å². The molecule has 0 aliphatic carbocycles. The van der Waals surface area contributed by atoms with E-state index in [-0.39, 0.29) is 0 Å². The van der Waals surface area contributed by atoms with Gasteiger partial charge in [-0.25, -0.2) is 12.4 Å². The van der Waals surface area contributed by atoms with Gasteiger partial charge in [-0.15, -0.1) is 12.1 Å². The van der Waals surface area contributed by atoms with Crippen LogP contribution in [0.1, 0.15) is 41.5 Å². The first-order valence-electron chi connectivity index (χ1n) is 6.32. The summed E-state index contributed by atoms with van der Waals surface area (Å²) in [4.78, 5) is 0. The van der Waals surface area contributed by atoms with Crippen LogP contribution in [0.5, 0.6) is 0 Å². The van der Waals surface area contributed by atoms with E-state index in [1.807, 2.05) is 41.5 Å². The van der Waals surface area contributed by atoms with Crippen molar-refractivity contribution in [3.63, 3.8) is 0 Å². The summed E-state index contributed by atoms with van der Waals surface area (Å²) in [7, 11) is 8.90. The Morgan fingerprint density at radius 3 is 1.32 bits per heavy atom. The molecule has 0 saturated heterocycles. The van der Waals surface area contributed by atoms with Crippen molar-refractivity contribution in [2.45, 2.75) is 59.7 Å². The predicted octanol–water partition coefficient (Wildman–Crippen LogP) is 5.46. The molecule has 19 heavy (non-hydrogen) atoms. The van der Waals surface area contributed by atoms with E-state index in [1.165, 1.54) is 0 Å². The third-order valence-electron chi connectivity index (χ3n) is 1.09. The molecular weight excluding hydrogens is 431 g/mol. The van der Waals surface area contributed by atoms with Crippen LogP contribution in [0.3, 0.4) is 0 Å². The molecule has 0 rings (SSSR count). The van der Waals surface area contributed by atoms with Crippen molar-refractivity contribution in [1.82, 2.24) is 0 Å². The van der Waals surface area contributed by atoms with Gasteiger partial charge in [-0.1, -0.05) is 27.7 Å². The zero-order chi connectivity index (χ0) is 15.7. The third-order valence-corrected chi connectivity index (χ3v) is 3.54. The largest absolute Gasteiger partial charge is 0.668 e. The van der Waals surface area contributed by atoms with E-state index in [2.05, 4.69) is 19.4 Å². The van der Waals surface area contributed by atoms with Crippen molar-refractivity contribution >= 4 is 9.42 Å². The van der Waals surface area contributed by atoms with Crippen LogP contribution in [-0.2, 0) is 17.3 Å². The van der Waals surface area contributed by atoms with Crippen LogP contribution < -0.4 is 0 Å². The molecule has 6 heteroatoms. The minimum atomic E-state index is -0.729. The van der Waals surface area contributed by atoms with Crippen LogP contribution in [0.25, 0.3) is 16.0 Å². The minimum Gasteiger partial charge on any atom is -0.668 e. The van der Waals surface area contributed by atoms with Crippen molar-refractivity contribution in [1.29, 1.82) is 0 Å². The van der Waals surface area contributed by atoms with Crippen LogP contribution in [-0.4, -0.2) is 32.2 Å². The van der Waals surface area contributed by atoms with Gasteiger partial charge >= 0.3 is 50.1 Å². The summed E-state index contributed by atoms with van der Waals surface area (Å²) >= 11 is -0.729. The van der Waals surface area contributed by atoms with Gasteiger partial charge in [0.05, 0.1) is 0 Å². The number of nitrogens with zero attached hydrogens (tertiary/aromatic N) is 4. The molecule has 0 heterocycles. The molecule has 0 aliphatic heterocycles. The van der Waals surface area contributed by atoms with Gasteiger partial charge in [-0.05, 0) is 0 Å². The summed E-state index contributed by atoms with van der Waals surface area (Å²) in [5, 5.41) is 11.7. The number of hydrogen-bond acceptors (Lipinski definition) is 1. The van der Waals surface area contributed by atoms with E-state index in [4.69, 9.17) is 9.42 Å². The fourth-order valence-corrected chi connectivity index (χ4v) is 2.38. The average Bonchev–Trinajstić information content (AvgIpc) is 2.25. The molecule has 0 aliphatic rings. The fraction of sp³-hybridized carbons (Fsp3) is 0.846. The second-order valence-corrected chi connectivity index (χ2v) is 6.88. The summed E-state index contributed by atoms with van der Waals surface area (Å²) in [5.74, 6) is 0. The quantitative estimate of drug-likeness (QED) is 0.523. The van der Waals surface area contributed by atoms with Gasteiger partial charge in [0.25, 0.3) is 0 Å². The Labute approximate surface area is 132 Å². The fourth-order valence-electron chi connectivity index (χ4n) is 0.501. The Morgan fingerprint density at radius 1 is 0.895 bits per heavy atom. The molecule has 0 unspecified atom stereocenters. The van der Waals surface area contributed by atoms with Crippen LogP contribution in [0.15, 0.2) is 15.9 Å². The SMILES string of the molecule is CC(C)[N-]/C=C\[N-]C(C)C.CC(C)[N]=[W][Cl].C[N-]C. The Hall–Kier alpha value is 0.0783. The molecule has 0 bridgehead atoms. The maximum atomic E-state index is 5.40. The standard InChI is InChI=1S/C8H16N2.C3H7N.C2H6N.ClH.W/c1-7(2)9-5-6-10-8(3)4;1-3(2)4;1-3-2;;/h5-8H,1-4H3;3H,1-2H3;1-2H3;1H;/q-2;;-1;;+1/p-1/b6-5-;;;;. The van der Waals surface area contributed by atoms with Gasteiger partial charge in [0.1, 0.15) is 0 Å². The van der Waals surface area contributed by atoms with Crippen molar-refractivity contribution in [3.05, 3.63) is 28.4 Å². The normalized spacial score (nSPS) is 10.5. The maximum Gasteiger partial charge on any atom is -0.162 e. The Bertz CT molecular complexity index is 195. The molecule has 4 nitrogen and oxygen atoms in total. The van der Waals surface area contributed by atoms with Gasteiger partial charge < -0.3 is 16.0 Å². The van der Waals surface area contributed by atoms with Crippen LogP contribution >= 0.6 is 9.42 Å². The summed E-state index contributed by atoms with van der Waals surface area (Å²) in [6.45, 7) is 12.3. The van der Waals surface area contributed by atoms with Gasteiger partial charge in [0.15, 0.2) is 0 Å². The van der Waals surface area contributed by atoms with E-state index in [0.717, 1.165) is 0 Å². The second kappa shape index (κ2) is 20.4. The van der Waals surface area contributed by atoms with Gasteiger partial charge in [0.2, 0.25) is 0 Å².